The highest BCUT2D eigenvalue weighted by molar-refractivity contribution is 6.05. The van der Waals surface area contributed by atoms with Gasteiger partial charge >= 0.3 is 0 Å². The maximum atomic E-state index is 12.9. The van der Waals surface area contributed by atoms with Crippen molar-refractivity contribution in [3.63, 3.8) is 0 Å². The Labute approximate surface area is 165 Å². The van der Waals surface area contributed by atoms with Crippen molar-refractivity contribution in [1.29, 1.82) is 0 Å². The summed E-state index contributed by atoms with van der Waals surface area (Å²) in [6.07, 6.45) is 0.955. The molecule has 4 rings (SSSR count). The van der Waals surface area contributed by atoms with Gasteiger partial charge in [0.25, 0.3) is 0 Å². The van der Waals surface area contributed by atoms with E-state index in [4.69, 9.17) is 0 Å². The van der Waals surface area contributed by atoms with Crippen LogP contribution in [0.25, 0.3) is 0 Å². The van der Waals surface area contributed by atoms with Crippen LogP contribution in [-0.2, 0) is 16.0 Å². The molecule has 2 fully saturated rings. The summed E-state index contributed by atoms with van der Waals surface area (Å²) in [5.74, 6) is 0.126. The first-order valence-corrected chi connectivity index (χ1v) is 9.78. The summed E-state index contributed by atoms with van der Waals surface area (Å²) in [4.78, 5) is 30.9. The average molecular weight is 379 g/mol. The largest absolute Gasteiger partial charge is 0.506 e. The van der Waals surface area contributed by atoms with E-state index in [-0.39, 0.29) is 30.0 Å². The number of carbonyl (C=O) groups is 2. The number of carbonyl (C=O) groups excluding carboxylic acids is 2. The van der Waals surface area contributed by atoms with Gasteiger partial charge in [-0.25, -0.2) is 0 Å². The number of likely N-dealkylation sites (tertiary alicyclic amines) is 1. The molecule has 6 heteroatoms. The third kappa shape index (κ3) is 3.73. The summed E-state index contributed by atoms with van der Waals surface area (Å²) < 4.78 is 0. The lowest BCUT2D eigenvalue weighted by Gasteiger charge is -2.38. The van der Waals surface area contributed by atoms with Crippen molar-refractivity contribution < 1.29 is 14.7 Å². The molecule has 0 aromatic heterocycles. The van der Waals surface area contributed by atoms with Crippen LogP contribution < -0.4 is 4.90 Å². The fourth-order valence-electron chi connectivity index (χ4n) is 4.08. The molecule has 2 amide bonds. The number of hydrogen-bond acceptors (Lipinski definition) is 5. The number of phenolic OH excluding ortho intramolecular Hbond substituents is 1. The molecule has 146 valence electrons. The molecule has 2 aliphatic heterocycles. The smallest absolute Gasteiger partial charge is 0.247 e. The second-order valence-corrected chi connectivity index (χ2v) is 7.35. The molecule has 2 aliphatic rings. The van der Waals surface area contributed by atoms with Crippen LogP contribution in [0.5, 0.6) is 5.75 Å². The van der Waals surface area contributed by atoms with Crippen molar-refractivity contribution >= 4 is 17.5 Å². The molecule has 0 aliphatic carbocycles. The Morgan fingerprint density at radius 2 is 1.57 bits per heavy atom. The number of phenols is 1. The number of amides is 2. The van der Waals surface area contributed by atoms with E-state index in [1.807, 2.05) is 48.5 Å². The molecular weight excluding hydrogens is 354 g/mol. The maximum absolute atomic E-state index is 12.9. The van der Waals surface area contributed by atoms with E-state index >= 15 is 0 Å². The van der Waals surface area contributed by atoms with Crippen molar-refractivity contribution in [2.75, 3.05) is 37.6 Å². The topological polar surface area (TPSA) is 64.1 Å². The summed E-state index contributed by atoms with van der Waals surface area (Å²) in [5.41, 5.74) is 1.95. The average Bonchev–Trinajstić information content (AvgIpc) is 3.01. The minimum atomic E-state index is -0.352. The van der Waals surface area contributed by atoms with Crippen molar-refractivity contribution in [2.24, 2.45) is 0 Å². The maximum Gasteiger partial charge on any atom is 0.247 e. The minimum absolute atomic E-state index is 0.0723. The summed E-state index contributed by atoms with van der Waals surface area (Å²) in [7, 11) is 0. The van der Waals surface area contributed by atoms with Crippen LogP contribution in [-0.4, -0.2) is 65.5 Å². The number of piperazine rings is 1. The highest BCUT2D eigenvalue weighted by atomic mass is 16.3. The zero-order valence-corrected chi connectivity index (χ0v) is 15.8. The second-order valence-electron chi connectivity index (χ2n) is 7.35. The molecule has 2 aromatic carbocycles. The third-order valence-corrected chi connectivity index (χ3v) is 5.66. The summed E-state index contributed by atoms with van der Waals surface area (Å²) in [6.45, 7) is 3.28. The van der Waals surface area contributed by atoms with E-state index in [0.717, 1.165) is 24.3 Å². The molecule has 1 atom stereocenters. The van der Waals surface area contributed by atoms with E-state index < -0.39 is 0 Å². The quantitative estimate of drug-likeness (QED) is 0.804. The SMILES string of the molecule is O=C1C[C@H](N2CCN(c3ccccc3O)CC2)C(=O)N1CCc1ccccc1. The van der Waals surface area contributed by atoms with Crippen LogP contribution >= 0.6 is 0 Å². The van der Waals surface area contributed by atoms with Crippen molar-refractivity contribution in [3.8, 4) is 5.75 Å². The molecule has 0 saturated carbocycles. The predicted molar refractivity (Wildman–Crippen MR) is 107 cm³/mol. The summed E-state index contributed by atoms with van der Waals surface area (Å²) in [5, 5.41) is 10.0. The number of anilines is 1. The number of imide groups is 1. The van der Waals surface area contributed by atoms with Gasteiger partial charge in [-0.2, -0.15) is 0 Å². The number of nitrogens with zero attached hydrogens (tertiary/aromatic N) is 3. The Hall–Kier alpha value is -2.86. The standard InChI is InChI=1S/C22H25N3O3/c26-20-9-5-4-8-18(20)23-12-14-24(15-13-23)19-16-21(27)25(22(19)28)11-10-17-6-2-1-3-7-17/h1-9,19,26H,10-16H2/t19-/m0/s1. The van der Waals surface area contributed by atoms with Gasteiger partial charge in [-0.15, -0.1) is 0 Å². The second kappa shape index (κ2) is 8.02. The molecule has 0 bridgehead atoms. The van der Waals surface area contributed by atoms with Crippen molar-refractivity contribution in [2.45, 2.75) is 18.9 Å². The van der Waals surface area contributed by atoms with Gasteiger partial charge in [0.2, 0.25) is 11.8 Å². The van der Waals surface area contributed by atoms with Gasteiger partial charge in [0.05, 0.1) is 18.2 Å². The van der Waals surface area contributed by atoms with E-state index in [0.29, 0.717) is 26.1 Å². The molecule has 2 heterocycles. The fourth-order valence-corrected chi connectivity index (χ4v) is 4.08. The zero-order chi connectivity index (χ0) is 19.5. The van der Waals surface area contributed by atoms with Crippen LogP contribution in [0.2, 0.25) is 0 Å². The number of para-hydroxylation sites is 2. The Morgan fingerprint density at radius 1 is 0.893 bits per heavy atom. The first-order valence-electron chi connectivity index (χ1n) is 9.78. The normalized spacial score (nSPS) is 20.8. The molecule has 2 aromatic rings. The molecule has 1 N–H and O–H groups in total. The lowest BCUT2D eigenvalue weighted by atomic mass is 10.1. The Morgan fingerprint density at radius 3 is 2.29 bits per heavy atom. The lowest BCUT2D eigenvalue weighted by Crippen LogP contribution is -2.52. The van der Waals surface area contributed by atoms with Crippen molar-refractivity contribution in [3.05, 3.63) is 60.2 Å². The molecule has 28 heavy (non-hydrogen) atoms. The van der Waals surface area contributed by atoms with Gasteiger partial charge in [0.15, 0.2) is 0 Å². The van der Waals surface area contributed by atoms with E-state index in [1.165, 1.54) is 4.90 Å². The summed E-state index contributed by atoms with van der Waals surface area (Å²) in [6, 6.07) is 16.9. The summed E-state index contributed by atoms with van der Waals surface area (Å²) >= 11 is 0. The highest BCUT2D eigenvalue weighted by Gasteiger charge is 2.42. The minimum Gasteiger partial charge on any atom is -0.506 e. The number of benzene rings is 2. The van der Waals surface area contributed by atoms with Crippen LogP contribution in [0.3, 0.4) is 0 Å². The number of rotatable bonds is 5. The fraction of sp³-hybridized carbons (Fsp3) is 0.364. The highest BCUT2D eigenvalue weighted by Crippen LogP contribution is 2.28. The number of hydrogen-bond donors (Lipinski definition) is 1. The van der Waals surface area contributed by atoms with Crippen LogP contribution in [0.4, 0.5) is 5.69 Å². The first-order chi connectivity index (χ1) is 13.6. The Balaban J connectivity index is 1.35. The van der Waals surface area contributed by atoms with Gasteiger partial charge in [-0.05, 0) is 24.1 Å². The Kier molecular flexibility index (Phi) is 5.30. The molecule has 0 unspecified atom stereocenters. The molecule has 6 nitrogen and oxygen atoms in total. The molecule has 0 radical (unpaired) electrons. The van der Waals surface area contributed by atoms with Crippen LogP contribution in [0.15, 0.2) is 54.6 Å². The van der Waals surface area contributed by atoms with Gasteiger partial charge in [-0.1, -0.05) is 42.5 Å². The molecule has 2 saturated heterocycles. The number of aromatic hydroxyl groups is 1. The van der Waals surface area contributed by atoms with E-state index in [1.54, 1.807) is 6.07 Å². The first kappa shape index (κ1) is 18.5. The van der Waals surface area contributed by atoms with Crippen LogP contribution in [0.1, 0.15) is 12.0 Å². The van der Waals surface area contributed by atoms with Gasteiger partial charge in [0, 0.05) is 32.7 Å². The van der Waals surface area contributed by atoms with Crippen molar-refractivity contribution in [1.82, 2.24) is 9.80 Å². The van der Waals surface area contributed by atoms with Crippen LogP contribution in [0, 0.1) is 0 Å². The molecule has 0 spiro atoms. The predicted octanol–water partition coefficient (Wildman–Crippen LogP) is 1.88. The third-order valence-electron chi connectivity index (χ3n) is 5.66. The molecular formula is C22H25N3O3. The van der Waals surface area contributed by atoms with Gasteiger partial charge < -0.3 is 10.0 Å². The van der Waals surface area contributed by atoms with Gasteiger partial charge in [-0.3, -0.25) is 19.4 Å². The van der Waals surface area contributed by atoms with E-state index in [2.05, 4.69) is 9.80 Å². The monoisotopic (exact) mass is 379 g/mol. The lowest BCUT2D eigenvalue weighted by molar-refractivity contribution is -0.139. The zero-order valence-electron chi connectivity index (χ0n) is 15.8. The van der Waals surface area contributed by atoms with E-state index in [9.17, 15) is 14.7 Å². The van der Waals surface area contributed by atoms with Gasteiger partial charge in [0.1, 0.15) is 5.75 Å². The Bertz CT molecular complexity index is 847.